The monoisotopic (exact) mass is 646 g/mol. The first-order valence-electron chi connectivity index (χ1n) is 16.7. The van der Waals surface area contributed by atoms with Crippen molar-refractivity contribution in [3.8, 4) is 57.3 Å². The number of nitriles is 3. The molecule has 4 heteroatoms. The third-order valence-corrected chi connectivity index (χ3v) is 9.86. The molecule has 0 N–H and O–H groups in total. The fraction of sp³-hybridized carbons (Fsp3) is 0. The molecular formula is C47H26N4. The van der Waals surface area contributed by atoms with Crippen LogP contribution in [0.25, 0.3) is 82.4 Å². The molecule has 51 heavy (non-hydrogen) atoms. The van der Waals surface area contributed by atoms with Gasteiger partial charge in [-0.25, -0.2) is 0 Å². The zero-order valence-electron chi connectivity index (χ0n) is 27.3. The molecule has 0 bridgehead atoms. The number of benzene rings is 8. The SMILES string of the molecule is N#Cc1ccc2c(c1)c1cc(C#N)ccc1n2-c1cccc(-c2c(C#N)cccc2-c2c3ccccc3c(-c3ccccc3)c3ccccc23)c1. The summed E-state index contributed by atoms with van der Waals surface area (Å²) in [4.78, 5) is 0. The molecule has 1 heterocycles. The van der Waals surface area contributed by atoms with Crippen molar-refractivity contribution in [2.45, 2.75) is 0 Å². The molecule has 0 saturated heterocycles. The average molecular weight is 647 g/mol. The first-order valence-corrected chi connectivity index (χ1v) is 16.7. The lowest BCUT2D eigenvalue weighted by molar-refractivity contribution is 1.18. The fourth-order valence-electron chi connectivity index (χ4n) is 7.74. The largest absolute Gasteiger partial charge is 0.309 e. The van der Waals surface area contributed by atoms with E-state index in [1.54, 1.807) is 0 Å². The molecule has 0 unspecified atom stereocenters. The predicted molar refractivity (Wildman–Crippen MR) is 206 cm³/mol. The highest BCUT2D eigenvalue weighted by Gasteiger charge is 2.21. The van der Waals surface area contributed by atoms with Crippen molar-refractivity contribution in [3.63, 3.8) is 0 Å². The van der Waals surface area contributed by atoms with E-state index in [0.29, 0.717) is 16.7 Å². The summed E-state index contributed by atoms with van der Waals surface area (Å²) in [6.07, 6.45) is 0. The average Bonchev–Trinajstić information content (AvgIpc) is 3.52. The van der Waals surface area contributed by atoms with E-state index in [2.05, 4.69) is 120 Å². The normalized spacial score (nSPS) is 11.1. The summed E-state index contributed by atoms with van der Waals surface area (Å²) >= 11 is 0. The molecule has 0 aliphatic carbocycles. The van der Waals surface area contributed by atoms with Crippen molar-refractivity contribution in [3.05, 3.63) is 174 Å². The molecule has 0 saturated carbocycles. The summed E-state index contributed by atoms with van der Waals surface area (Å²) in [5, 5.41) is 36.3. The van der Waals surface area contributed by atoms with Gasteiger partial charge >= 0.3 is 0 Å². The number of hydrogen-bond donors (Lipinski definition) is 0. The summed E-state index contributed by atoms with van der Waals surface area (Å²) in [6, 6.07) is 60.3. The summed E-state index contributed by atoms with van der Waals surface area (Å²) in [6.45, 7) is 0. The highest BCUT2D eigenvalue weighted by Crippen LogP contribution is 2.47. The minimum absolute atomic E-state index is 0.558. The van der Waals surface area contributed by atoms with Crippen molar-refractivity contribution in [1.82, 2.24) is 4.57 Å². The van der Waals surface area contributed by atoms with Crippen molar-refractivity contribution in [1.29, 1.82) is 15.8 Å². The van der Waals surface area contributed by atoms with E-state index >= 15 is 0 Å². The van der Waals surface area contributed by atoms with E-state index in [1.807, 2.05) is 60.7 Å². The third-order valence-electron chi connectivity index (χ3n) is 9.86. The van der Waals surface area contributed by atoms with Crippen molar-refractivity contribution < 1.29 is 0 Å². The minimum Gasteiger partial charge on any atom is -0.309 e. The Morgan fingerprint density at radius 1 is 0.373 bits per heavy atom. The van der Waals surface area contributed by atoms with Gasteiger partial charge in [0.15, 0.2) is 0 Å². The van der Waals surface area contributed by atoms with E-state index in [4.69, 9.17) is 0 Å². The Balaban J connectivity index is 1.34. The molecule has 0 aliphatic heterocycles. The maximum absolute atomic E-state index is 10.6. The fourth-order valence-corrected chi connectivity index (χ4v) is 7.74. The molecule has 0 spiro atoms. The van der Waals surface area contributed by atoms with Crippen LogP contribution in [0.15, 0.2) is 158 Å². The topological polar surface area (TPSA) is 76.3 Å². The van der Waals surface area contributed by atoms with E-state index in [9.17, 15) is 15.8 Å². The van der Waals surface area contributed by atoms with Crippen LogP contribution >= 0.6 is 0 Å². The number of aromatic nitrogens is 1. The standard InChI is InChI=1S/C47H26N4/c48-27-30-20-22-43-41(24-30)42-25-31(28-49)21-23-44(42)51(43)35-14-8-12-33(26-35)45-34(29-50)13-9-19-40(45)47-38-17-6-4-15-36(38)46(32-10-2-1-3-11-32)37-16-5-7-18-39(37)47/h1-26H. The second-order valence-electron chi connectivity index (χ2n) is 12.6. The van der Waals surface area contributed by atoms with Gasteiger partial charge in [-0.05, 0) is 104 Å². The highest BCUT2D eigenvalue weighted by molar-refractivity contribution is 6.22. The molecule has 4 nitrogen and oxygen atoms in total. The summed E-state index contributed by atoms with van der Waals surface area (Å²) in [5.74, 6) is 0. The lowest BCUT2D eigenvalue weighted by Gasteiger charge is -2.20. The maximum atomic E-state index is 10.6. The van der Waals surface area contributed by atoms with Gasteiger partial charge in [-0.2, -0.15) is 15.8 Å². The van der Waals surface area contributed by atoms with Gasteiger partial charge in [0.1, 0.15) is 0 Å². The van der Waals surface area contributed by atoms with Crippen LogP contribution in [0.4, 0.5) is 0 Å². The summed E-state index contributed by atoms with van der Waals surface area (Å²) < 4.78 is 2.17. The third kappa shape index (κ3) is 4.66. The maximum Gasteiger partial charge on any atom is 0.0998 e. The lowest BCUT2D eigenvalue weighted by Crippen LogP contribution is -1.97. The Morgan fingerprint density at radius 3 is 1.47 bits per heavy atom. The van der Waals surface area contributed by atoms with Gasteiger partial charge in [-0.15, -0.1) is 0 Å². The summed E-state index contributed by atoms with van der Waals surface area (Å²) in [7, 11) is 0. The number of rotatable bonds is 4. The summed E-state index contributed by atoms with van der Waals surface area (Å²) in [5.41, 5.74) is 10.7. The van der Waals surface area contributed by atoms with E-state index < -0.39 is 0 Å². The lowest BCUT2D eigenvalue weighted by atomic mass is 9.83. The van der Waals surface area contributed by atoms with Crippen molar-refractivity contribution >= 4 is 43.4 Å². The molecule has 9 rings (SSSR count). The Hall–Kier alpha value is -7.45. The minimum atomic E-state index is 0.558. The molecule has 234 valence electrons. The van der Waals surface area contributed by atoms with Gasteiger partial charge in [-0.3, -0.25) is 0 Å². The molecule has 8 aromatic carbocycles. The second kappa shape index (κ2) is 11.9. The zero-order chi connectivity index (χ0) is 34.5. The molecule has 0 aliphatic rings. The zero-order valence-corrected chi connectivity index (χ0v) is 27.3. The first-order chi connectivity index (χ1) is 25.2. The molecule has 0 amide bonds. The Bertz CT molecular complexity index is 2870. The highest BCUT2D eigenvalue weighted by atomic mass is 15.0. The van der Waals surface area contributed by atoms with Crippen LogP contribution in [0.1, 0.15) is 16.7 Å². The Morgan fingerprint density at radius 2 is 0.902 bits per heavy atom. The van der Waals surface area contributed by atoms with Crippen LogP contribution in [-0.4, -0.2) is 4.57 Å². The van der Waals surface area contributed by atoms with Crippen LogP contribution in [0, 0.1) is 34.0 Å². The van der Waals surface area contributed by atoms with Crippen molar-refractivity contribution in [2.24, 2.45) is 0 Å². The predicted octanol–water partition coefficient (Wildman–Crippen LogP) is 11.7. The van der Waals surface area contributed by atoms with Gasteiger partial charge in [0.25, 0.3) is 0 Å². The van der Waals surface area contributed by atoms with Crippen LogP contribution in [-0.2, 0) is 0 Å². The van der Waals surface area contributed by atoms with Gasteiger partial charge in [0.2, 0.25) is 0 Å². The van der Waals surface area contributed by atoms with Crippen LogP contribution < -0.4 is 0 Å². The van der Waals surface area contributed by atoms with E-state index in [1.165, 1.54) is 5.56 Å². The Kier molecular flexibility index (Phi) is 6.93. The van der Waals surface area contributed by atoms with E-state index in [0.717, 1.165) is 76.9 Å². The van der Waals surface area contributed by atoms with Crippen LogP contribution in [0.2, 0.25) is 0 Å². The van der Waals surface area contributed by atoms with Crippen molar-refractivity contribution in [2.75, 3.05) is 0 Å². The molecular weight excluding hydrogens is 621 g/mol. The molecule has 9 aromatic rings. The quantitative estimate of drug-likeness (QED) is 0.179. The molecule has 0 radical (unpaired) electrons. The smallest absolute Gasteiger partial charge is 0.0998 e. The Labute approximate surface area is 294 Å². The van der Waals surface area contributed by atoms with Gasteiger partial charge in [-0.1, -0.05) is 103 Å². The number of fused-ring (bicyclic) bond motifs is 5. The van der Waals surface area contributed by atoms with Crippen LogP contribution in [0.5, 0.6) is 0 Å². The number of hydrogen-bond acceptors (Lipinski definition) is 3. The second-order valence-corrected chi connectivity index (χ2v) is 12.6. The van der Waals surface area contributed by atoms with Gasteiger partial charge in [0.05, 0.1) is 45.9 Å². The first kappa shape index (κ1) is 29.7. The number of nitrogens with zero attached hydrogens (tertiary/aromatic N) is 4. The van der Waals surface area contributed by atoms with Crippen LogP contribution in [0.3, 0.4) is 0 Å². The van der Waals surface area contributed by atoms with Gasteiger partial charge in [0, 0.05) is 22.0 Å². The molecule has 1 aromatic heterocycles. The molecule has 0 fully saturated rings. The van der Waals surface area contributed by atoms with Gasteiger partial charge < -0.3 is 4.57 Å². The molecule has 0 atom stereocenters. The van der Waals surface area contributed by atoms with E-state index in [-0.39, 0.29) is 0 Å².